The number of amides is 2. The summed E-state index contributed by atoms with van der Waals surface area (Å²) in [6.45, 7) is 2.12. The first-order chi connectivity index (χ1) is 15.9. The predicted octanol–water partition coefficient (Wildman–Crippen LogP) is 2.89. The number of benzene rings is 2. The zero-order valence-corrected chi connectivity index (χ0v) is 18.6. The van der Waals surface area contributed by atoms with Gasteiger partial charge in [-0.1, -0.05) is 61.9 Å². The van der Waals surface area contributed by atoms with Gasteiger partial charge in [-0.25, -0.2) is 4.79 Å². The van der Waals surface area contributed by atoms with Crippen molar-refractivity contribution in [3.05, 3.63) is 59.7 Å². The molecule has 0 saturated heterocycles. The van der Waals surface area contributed by atoms with Gasteiger partial charge in [0.25, 0.3) is 0 Å². The number of ether oxygens (including phenoxy) is 1. The summed E-state index contributed by atoms with van der Waals surface area (Å²) < 4.78 is 5.41. The molecule has 2 aromatic carbocycles. The molecule has 4 N–H and O–H groups in total. The SMILES string of the molecule is CCC(CNC(=O)CC(O)CNC(=O)OCC1c2ccccc2-c2ccccc21)CC(=O)O. The Bertz CT molecular complexity index is 947. The Labute approximate surface area is 193 Å². The first-order valence-electron chi connectivity index (χ1n) is 11.1. The van der Waals surface area contributed by atoms with E-state index in [1.54, 1.807) is 0 Å². The van der Waals surface area contributed by atoms with Crippen LogP contribution in [0.3, 0.4) is 0 Å². The molecule has 33 heavy (non-hydrogen) atoms. The molecule has 176 valence electrons. The third-order valence-corrected chi connectivity index (χ3v) is 5.88. The molecule has 2 atom stereocenters. The molecular weight excluding hydrogens is 424 g/mol. The van der Waals surface area contributed by atoms with Crippen molar-refractivity contribution in [3.8, 4) is 11.1 Å². The Hall–Kier alpha value is -3.39. The van der Waals surface area contributed by atoms with Crippen molar-refractivity contribution in [2.75, 3.05) is 19.7 Å². The van der Waals surface area contributed by atoms with Gasteiger partial charge in [0.1, 0.15) is 6.61 Å². The minimum atomic E-state index is -1.08. The molecule has 8 heteroatoms. The van der Waals surface area contributed by atoms with Gasteiger partial charge in [-0.3, -0.25) is 9.59 Å². The van der Waals surface area contributed by atoms with E-state index in [0.29, 0.717) is 6.42 Å². The normalized spacial score (nSPS) is 14.0. The van der Waals surface area contributed by atoms with Crippen LogP contribution in [0.2, 0.25) is 0 Å². The van der Waals surface area contributed by atoms with Crippen LogP contribution < -0.4 is 10.6 Å². The average molecular weight is 455 g/mol. The van der Waals surface area contributed by atoms with Crippen LogP contribution in [-0.2, 0) is 14.3 Å². The van der Waals surface area contributed by atoms with E-state index in [4.69, 9.17) is 9.84 Å². The number of carbonyl (C=O) groups excluding carboxylic acids is 2. The fourth-order valence-electron chi connectivity index (χ4n) is 4.07. The van der Waals surface area contributed by atoms with Crippen molar-refractivity contribution in [1.29, 1.82) is 0 Å². The van der Waals surface area contributed by atoms with Gasteiger partial charge in [-0.15, -0.1) is 0 Å². The number of alkyl carbamates (subject to hydrolysis) is 1. The molecule has 0 bridgehead atoms. The van der Waals surface area contributed by atoms with Crippen LogP contribution in [0.5, 0.6) is 0 Å². The fourth-order valence-corrected chi connectivity index (χ4v) is 4.07. The molecule has 0 fully saturated rings. The number of aliphatic hydroxyl groups excluding tert-OH is 1. The number of carbonyl (C=O) groups is 3. The third-order valence-electron chi connectivity index (χ3n) is 5.88. The Morgan fingerprint density at radius 2 is 1.55 bits per heavy atom. The van der Waals surface area contributed by atoms with Gasteiger partial charge in [0.15, 0.2) is 0 Å². The molecule has 1 aliphatic carbocycles. The topological polar surface area (TPSA) is 125 Å². The summed E-state index contributed by atoms with van der Waals surface area (Å²) in [4.78, 5) is 34.9. The summed E-state index contributed by atoms with van der Waals surface area (Å²) in [6, 6.07) is 16.1. The molecular formula is C25H30N2O6. The number of hydrogen-bond donors (Lipinski definition) is 4. The van der Waals surface area contributed by atoms with E-state index >= 15 is 0 Å². The number of aliphatic carboxylic acids is 1. The maximum absolute atomic E-state index is 12.2. The summed E-state index contributed by atoms with van der Waals surface area (Å²) in [5, 5.41) is 24.0. The van der Waals surface area contributed by atoms with Gasteiger partial charge in [-0.05, 0) is 28.2 Å². The van der Waals surface area contributed by atoms with Crippen LogP contribution in [0.25, 0.3) is 11.1 Å². The standard InChI is InChI=1S/C25H30N2O6/c1-2-16(11-24(30)31)13-26-23(29)12-17(28)14-27-25(32)33-15-22-20-9-5-3-7-18(20)19-8-4-6-10-21(19)22/h3-10,16-17,22,28H,2,11-15H2,1H3,(H,26,29)(H,27,32)(H,30,31). The van der Waals surface area contributed by atoms with Crippen LogP contribution in [0.4, 0.5) is 4.79 Å². The molecule has 3 rings (SSSR count). The van der Waals surface area contributed by atoms with E-state index in [9.17, 15) is 19.5 Å². The molecule has 2 unspecified atom stereocenters. The van der Waals surface area contributed by atoms with Gasteiger partial charge < -0.3 is 25.6 Å². The molecule has 0 saturated carbocycles. The Morgan fingerprint density at radius 1 is 0.939 bits per heavy atom. The number of aliphatic hydroxyl groups is 1. The van der Waals surface area contributed by atoms with Crippen molar-refractivity contribution in [1.82, 2.24) is 10.6 Å². The molecule has 0 aromatic heterocycles. The molecule has 2 amide bonds. The third kappa shape index (κ3) is 6.55. The Balaban J connectivity index is 1.42. The molecule has 8 nitrogen and oxygen atoms in total. The summed E-state index contributed by atoms with van der Waals surface area (Å²) in [5.41, 5.74) is 4.49. The van der Waals surface area contributed by atoms with E-state index in [-0.39, 0.29) is 44.4 Å². The van der Waals surface area contributed by atoms with E-state index in [0.717, 1.165) is 22.3 Å². The minimum Gasteiger partial charge on any atom is -0.481 e. The Morgan fingerprint density at radius 3 is 2.12 bits per heavy atom. The lowest BCUT2D eigenvalue weighted by molar-refractivity contribution is -0.138. The molecule has 0 spiro atoms. The van der Waals surface area contributed by atoms with Crippen LogP contribution in [0.15, 0.2) is 48.5 Å². The first kappa shape index (κ1) is 24.3. The smallest absolute Gasteiger partial charge is 0.407 e. The highest BCUT2D eigenvalue weighted by atomic mass is 16.5. The fraction of sp³-hybridized carbons (Fsp3) is 0.400. The highest BCUT2D eigenvalue weighted by Gasteiger charge is 2.29. The van der Waals surface area contributed by atoms with Gasteiger partial charge in [0.05, 0.1) is 12.5 Å². The van der Waals surface area contributed by atoms with Crippen LogP contribution >= 0.6 is 0 Å². The summed E-state index contributed by atoms with van der Waals surface area (Å²) >= 11 is 0. The van der Waals surface area contributed by atoms with Gasteiger partial charge in [0.2, 0.25) is 5.91 Å². The molecule has 1 aliphatic rings. The summed E-state index contributed by atoms with van der Waals surface area (Å²) in [5.74, 6) is -1.54. The maximum Gasteiger partial charge on any atom is 0.407 e. The number of rotatable bonds is 11. The second-order valence-corrected chi connectivity index (χ2v) is 8.24. The van der Waals surface area contributed by atoms with Gasteiger partial charge in [-0.2, -0.15) is 0 Å². The van der Waals surface area contributed by atoms with Crippen LogP contribution in [-0.4, -0.2) is 54.0 Å². The zero-order chi connectivity index (χ0) is 23.8. The lowest BCUT2D eigenvalue weighted by Crippen LogP contribution is -2.37. The highest BCUT2D eigenvalue weighted by molar-refractivity contribution is 5.79. The summed E-state index contributed by atoms with van der Waals surface area (Å²) in [6.07, 6.45) is -1.34. The van der Waals surface area contributed by atoms with Gasteiger partial charge >= 0.3 is 12.1 Å². The van der Waals surface area contributed by atoms with Crippen LogP contribution in [0.1, 0.15) is 43.2 Å². The van der Waals surface area contributed by atoms with Crippen molar-refractivity contribution in [2.24, 2.45) is 5.92 Å². The molecule has 2 aromatic rings. The predicted molar refractivity (Wildman–Crippen MR) is 123 cm³/mol. The number of carboxylic acid groups (broad SMARTS) is 1. The Kier molecular flexibility index (Phi) is 8.43. The average Bonchev–Trinajstić information content (AvgIpc) is 3.12. The quantitative estimate of drug-likeness (QED) is 0.414. The van der Waals surface area contributed by atoms with E-state index in [1.165, 1.54) is 0 Å². The van der Waals surface area contributed by atoms with Crippen molar-refractivity contribution in [2.45, 2.75) is 38.2 Å². The van der Waals surface area contributed by atoms with Gasteiger partial charge in [0, 0.05) is 25.4 Å². The highest BCUT2D eigenvalue weighted by Crippen LogP contribution is 2.44. The second kappa shape index (κ2) is 11.5. The van der Waals surface area contributed by atoms with Crippen molar-refractivity contribution in [3.63, 3.8) is 0 Å². The monoisotopic (exact) mass is 454 g/mol. The van der Waals surface area contributed by atoms with E-state index in [1.807, 2.05) is 43.3 Å². The largest absolute Gasteiger partial charge is 0.481 e. The molecule has 0 aliphatic heterocycles. The number of hydrogen-bond acceptors (Lipinski definition) is 5. The minimum absolute atomic E-state index is 0.0251. The lowest BCUT2D eigenvalue weighted by atomic mass is 9.98. The van der Waals surface area contributed by atoms with E-state index < -0.39 is 24.1 Å². The summed E-state index contributed by atoms with van der Waals surface area (Å²) in [7, 11) is 0. The lowest BCUT2D eigenvalue weighted by Gasteiger charge is -2.17. The van der Waals surface area contributed by atoms with Crippen LogP contribution in [0, 0.1) is 5.92 Å². The zero-order valence-electron chi connectivity index (χ0n) is 18.6. The van der Waals surface area contributed by atoms with Crippen molar-refractivity contribution >= 4 is 18.0 Å². The second-order valence-electron chi connectivity index (χ2n) is 8.24. The first-order valence-corrected chi connectivity index (χ1v) is 11.1. The van der Waals surface area contributed by atoms with Crippen molar-refractivity contribution < 1.29 is 29.3 Å². The number of nitrogens with one attached hydrogen (secondary N) is 2. The number of fused-ring (bicyclic) bond motifs is 3. The molecule has 0 heterocycles. The molecule has 0 radical (unpaired) electrons. The number of carboxylic acids is 1. The maximum atomic E-state index is 12.2. The van der Waals surface area contributed by atoms with E-state index in [2.05, 4.69) is 22.8 Å².